The lowest BCUT2D eigenvalue weighted by Gasteiger charge is -2.24. The van der Waals surface area contributed by atoms with Crippen LogP contribution in [0.5, 0.6) is 0 Å². The Morgan fingerprint density at radius 3 is 2.28 bits per heavy atom. The summed E-state index contributed by atoms with van der Waals surface area (Å²) in [6, 6.07) is 3.13. The van der Waals surface area contributed by atoms with Gasteiger partial charge in [-0.25, -0.2) is 8.78 Å². The summed E-state index contributed by atoms with van der Waals surface area (Å²) in [7, 11) is 0. The second-order valence-electron chi connectivity index (χ2n) is 4.38. The first-order valence-electron chi connectivity index (χ1n) is 5.18. The van der Waals surface area contributed by atoms with Gasteiger partial charge in [-0.15, -0.1) is 0 Å². The fourth-order valence-electron chi connectivity index (χ4n) is 2.02. The fraction of sp³-hybridized carbons (Fsp3) is 0.455. The summed E-state index contributed by atoms with van der Waals surface area (Å²) in [5.41, 5.74) is 0.0941. The number of hydrogen-bond donors (Lipinski definition) is 1. The molecular weight excluding hydrogens is 257 g/mol. The summed E-state index contributed by atoms with van der Waals surface area (Å²) in [4.78, 5) is 4.39. The highest BCUT2D eigenvalue weighted by Crippen LogP contribution is 2.40. The molecule has 0 bridgehead atoms. The van der Waals surface area contributed by atoms with Gasteiger partial charge < -0.3 is 0 Å². The predicted octanol–water partition coefficient (Wildman–Crippen LogP) is 3.04. The standard InChI is InChI=1S/C11H10F5NO/c1-10(5-8(18-17-10)11(14,15)16)9-6(12)3-2-4-7(9)13/h2-4,8,17H,5H2,1H3/t8?,10-/m0/s1. The Morgan fingerprint density at radius 2 is 1.83 bits per heavy atom. The molecule has 7 heteroatoms. The molecule has 1 aliphatic rings. The first-order valence-corrected chi connectivity index (χ1v) is 5.18. The van der Waals surface area contributed by atoms with E-state index in [0.717, 1.165) is 18.2 Å². The van der Waals surface area contributed by atoms with E-state index in [1.54, 1.807) is 0 Å². The molecule has 2 atom stereocenters. The van der Waals surface area contributed by atoms with Gasteiger partial charge in [0.05, 0.1) is 5.54 Å². The van der Waals surface area contributed by atoms with Crippen molar-refractivity contribution < 1.29 is 26.8 Å². The normalized spacial score (nSPS) is 28.7. The highest BCUT2D eigenvalue weighted by atomic mass is 19.4. The lowest BCUT2D eigenvalue weighted by Crippen LogP contribution is -2.34. The highest BCUT2D eigenvalue weighted by Gasteiger charge is 2.52. The fourth-order valence-corrected chi connectivity index (χ4v) is 2.02. The minimum atomic E-state index is -4.58. The minimum absolute atomic E-state index is 0.447. The molecule has 0 amide bonds. The predicted molar refractivity (Wildman–Crippen MR) is 52.4 cm³/mol. The first kappa shape index (κ1) is 13.2. The Hall–Kier alpha value is -1.21. The number of hydroxylamine groups is 1. The van der Waals surface area contributed by atoms with Crippen LogP contribution in [-0.2, 0) is 10.4 Å². The Bertz CT molecular complexity index is 441. The summed E-state index contributed by atoms with van der Waals surface area (Å²) >= 11 is 0. The van der Waals surface area contributed by atoms with Gasteiger partial charge in [0.15, 0.2) is 6.10 Å². The molecule has 1 aliphatic heterocycles. The quantitative estimate of drug-likeness (QED) is 0.790. The molecule has 100 valence electrons. The maximum absolute atomic E-state index is 13.6. The summed E-state index contributed by atoms with van der Waals surface area (Å²) < 4.78 is 64.5. The summed E-state index contributed by atoms with van der Waals surface area (Å²) in [5, 5.41) is 0. The van der Waals surface area contributed by atoms with Crippen LogP contribution in [0, 0.1) is 11.6 Å². The highest BCUT2D eigenvalue weighted by molar-refractivity contribution is 5.28. The molecule has 0 saturated carbocycles. The number of alkyl halides is 3. The van der Waals surface area contributed by atoms with E-state index in [1.165, 1.54) is 6.92 Å². The van der Waals surface area contributed by atoms with Gasteiger partial charge in [0.1, 0.15) is 11.6 Å². The average Bonchev–Trinajstić information content (AvgIpc) is 2.60. The van der Waals surface area contributed by atoms with E-state index < -0.39 is 41.4 Å². The monoisotopic (exact) mass is 267 g/mol. The van der Waals surface area contributed by atoms with Crippen molar-refractivity contribution in [2.75, 3.05) is 0 Å². The van der Waals surface area contributed by atoms with E-state index in [-0.39, 0.29) is 0 Å². The number of hydrogen-bond acceptors (Lipinski definition) is 2. The molecule has 1 fully saturated rings. The zero-order chi connectivity index (χ0) is 13.6. The van der Waals surface area contributed by atoms with Gasteiger partial charge in [-0.2, -0.15) is 18.7 Å². The maximum atomic E-state index is 13.6. The van der Waals surface area contributed by atoms with E-state index >= 15 is 0 Å². The third-order valence-electron chi connectivity index (χ3n) is 2.90. The first-order chi connectivity index (χ1) is 8.24. The van der Waals surface area contributed by atoms with Crippen LogP contribution in [0.15, 0.2) is 18.2 Å². The van der Waals surface area contributed by atoms with Gasteiger partial charge in [-0.3, -0.25) is 4.84 Å². The number of benzene rings is 1. The summed E-state index contributed by atoms with van der Waals surface area (Å²) in [6.45, 7) is 1.26. The van der Waals surface area contributed by atoms with Crippen LogP contribution in [-0.4, -0.2) is 12.3 Å². The molecule has 0 radical (unpaired) electrons. The molecule has 2 rings (SSSR count). The van der Waals surface area contributed by atoms with Crippen molar-refractivity contribution in [1.29, 1.82) is 0 Å². The Labute approximate surface area is 99.7 Å². The molecular formula is C11H10F5NO. The van der Waals surface area contributed by atoms with Gasteiger partial charge in [-0.1, -0.05) is 6.07 Å². The van der Waals surface area contributed by atoms with Gasteiger partial charge in [-0.05, 0) is 19.1 Å². The molecule has 1 aromatic carbocycles. The second-order valence-corrected chi connectivity index (χ2v) is 4.38. The molecule has 1 aromatic rings. The van der Waals surface area contributed by atoms with E-state index in [9.17, 15) is 22.0 Å². The van der Waals surface area contributed by atoms with Crippen molar-refractivity contribution in [2.45, 2.75) is 31.2 Å². The molecule has 0 aliphatic carbocycles. The molecule has 18 heavy (non-hydrogen) atoms. The van der Waals surface area contributed by atoms with Crippen LogP contribution in [0.4, 0.5) is 22.0 Å². The average molecular weight is 267 g/mol. The molecule has 0 aromatic heterocycles. The number of rotatable bonds is 1. The summed E-state index contributed by atoms with van der Waals surface area (Å²) in [5.74, 6) is -1.81. The van der Waals surface area contributed by atoms with Crippen LogP contribution < -0.4 is 5.48 Å². The van der Waals surface area contributed by atoms with Crippen LogP contribution >= 0.6 is 0 Å². The topological polar surface area (TPSA) is 21.3 Å². The molecule has 1 N–H and O–H groups in total. The Balaban J connectivity index is 2.35. The van der Waals surface area contributed by atoms with E-state index in [0.29, 0.717) is 0 Å². The van der Waals surface area contributed by atoms with E-state index in [4.69, 9.17) is 0 Å². The second kappa shape index (κ2) is 4.17. The molecule has 1 unspecified atom stereocenters. The van der Waals surface area contributed by atoms with Crippen LogP contribution in [0.1, 0.15) is 18.9 Å². The van der Waals surface area contributed by atoms with Crippen molar-refractivity contribution >= 4 is 0 Å². The Morgan fingerprint density at radius 1 is 1.28 bits per heavy atom. The number of halogens is 5. The maximum Gasteiger partial charge on any atom is 0.416 e. The Kier molecular flexibility index (Phi) is 3.06. The van der Waals surface area contributed by atoms with Crippen molar-refractivity contribution in [3.05, 3.63) is 35.4 Å². The van der Waals surface area contributed by atoms with E-state index in [1.807, 2.05) is 0 Å². The zero-order valence-electron chi connectivity index (χ0n) is 9.31. The van der Waals surface area contributed by atoms with Crippen LogP contribution in [0.3, 0.4) is 0 Å². The third-order valence-corrected chi connectivity index (χ3v) is 2.90. The number of nitrogens with one attached hydrogen (secondary N) is 1. The lowest BCUT2D eigenvalue weighted by molar-refractivity contribution is -0.218. The van der Waals surface area contributed by atoms with Crippen molar-refractivity contribution in [3.63, 3.8) is 0 Å². The molecule has 1 heterocycles. The SMILES string of the molecule is C[C@@]1(c2c(F)cccc2F)CC(C(F)(F)F)ON1. The zero-order valence-corrected chi connectivity index (χ0v) is 9.31. The van der Waals surface area contributed by atoms with Crippen molar-refractivity contribution in [1.82, 2.24) is 5.48 Å². The smallest absolute Gasteiger partial charge is 0.288 e. The van der Waals surface area contributed by atoms with E-state index in [2.05, 4.69) is 10.3 Å². The molecule has 2 nitrogen and oxygen atoms in total. The van der Waals surface area contributed by atoms with Gasteiger partial charge in [0, 0.05) is 12.0 Å². The largest absolute Gasteiger partial charge is 0.416 e. The van der Waals surface area contributed by atoms with Gasteiger partial charge in [0.2, 0.25) is 0 Å². The van der Waals surface area contributed by atoms with Gasteiger partial charge in [0.25, 0.3) is 0 Å². The lowest BCUT2D eigenvalue weighted by atomic mass is 9.87. The van der Waals surface area contributed by atoms with Crippen molar-refractivity contribution in [2.24, 2.45) is 0 Å². The van der Waals surface area contributed by atoms with Crippen LogP contribution in [0.2, 0.25) is 0 Å². The minimum Gasteiger partial charge on any atom is -0.288 e. The summed E-state index contributed by atoms with van der Waals surface area (Å²) in [6.07, 6.45) is -7.25. The van der Waals surface area contributed by atoms with Gasteiger partial charge >= 0.3 is 6.18 Å². The molecule has 0 spiro atoms. The van der Waals surface area contributed by atoms with Crippen molar-refractivity contribution in [3.8, 4) is 0 Å². The molecule has 1 saturated heterocycles. The third kappa shape index (κ3) is 2.20. The van der Waals surface area contributed by atoms with Crippen LogP contribution in [0.25, 0.3) is 0 Å².